The Hall–Kier alpha value is -2.04. The van der Waals surface area contributed by atoms with Crippen molar-refractivity contribution in [1.29, 1.82) is 0 Å². The fourth-order valence-electron chi connectivity index (χ4n) is 2.59. The van der Waals surface area contributed by atoms with Crippen LogP contribution in [0.4, 0.5) is 0 Å². The summed E-state index contributed by atoms with van der Waals surface area (Å²) in [5.41, 5.74) is 3.27. The minimum atomic E-state index is -1.01. The first-order valence-corrected chi connectivity index (χ1v) is 7.63. The van der Waals surface area contributed by atoms with Gasteiger partial charge in [-0.25, -0.2) is 4.79 Å². The molecule has 1 aliphatic heterocycles. The van der Waals surface area contributed by atoms with Crippen molar-refractivity contribution >= 4 is 11.9 Å². The highest BCUT2D eigenvalue weighted by Crippen LogP contribution is 2.31. The van der Waals surface area contributed by atoms with E-state index in [0.29, 0.717) is 12.8 Å². The van der Waals surface area contributed by atoms with E-state index in [1.807, 2.05) is 39.8 Å². The molecule has 0 radical (unpaired) electrons. The quantitative estimate of drug-likeness (QED) is 0.874. The number of hydrogen-bond acceptors (Lipinski definition) is 3. The number of hydrogen-bond donors (Lipinski definition) is 2. The Balaban J connectivity index is 2.08. The van der Waals surface area contributed by atoms with Crippen molar-refractivity contribution < 1.29 is 19.4 Å². The van der Waals surface area contributed by atoms with E-state index in [2.05, 4.69) is 5.32 Å². The van der Waals surface area contributed by atoms with Gasteiger partial charge in [0.2, 0.25) is 0 Å². The van der Waals surface area contributed by atoms with E-state index in [-0.39, 0.29) is 11.8 Å². The lowest BCUT2D eigenvalue weighted by Crippen LogP contribution is -2.49. The van der Waals surface area contributed by atoms with Crippen LogP contribution in [0.25, 0.3) is 0 Å². The summed E-state index contributed by atoms with van der Waals surface area (Å²) in [5, 5.41) is 11.9. The van der Waals surface area contributed by atoms with Crippen molar-refractivity contribution in [3.05, 3.63) is 28.8 Å². The second-order valence-corrected chi connectivity index (χ2v) is 6.06. The highest BCUT2D eigenvalue weighted by atomic mass is 16.5. The van der Waals surface area contributed by atoms with Crippen LogP contribution in [0.1, 0.15) is 37.0 Å². The summed E-state index contributed by atoms with van der Waals surface area (Å²) in [6.45, 7) is 7.73. The van der Waals surface area contributed by atoms with Crippen LogP contribution in [0.2, 0.25) is 0 Å². The van der Waals surface area contributed by atoms with Crippen molar-refractivity contribution in [2.24, 2.45) is 5.92 Å². The van der Waals surface area contributed by atoms with E-state index in [0.717, 1.165) is 22.4 Å². The molecule has 3 unspecified atom stereocenters. The summed E-state index contributed by atoms with van der Waals surface area (Å²) < 4.78 is 5.69. The van der Waals surface area contributed by atoms with Crippen molar-refractivity contribution in [3.63, 3.8) is 0 Å². The van der Waals surface area contributed by atoms with Gasteiger partial charge in [-0.1, -0.05) is 26.3 Å². The van der Waals surface area contributed by atoms with Crippen LogP contribution in [0.3, 0.4) is 0 Å². The summed E-state index contributed by atoms with van der Waals surface area (Å²) in [4.78, 5) is 23.6. The highest BCUT2D eigenvalue weighted by molar-refractivity contribution is 5.87. The van der Waals surface area contributed by atoms with Crippen LogP contribution < -0.4 is 10.1 Å². The summed E-state index contributed by atoms with van der Waals surface area (Å²) in [7, 11) is 0. The molecule has 0 aliphatic carbocycles. The second-order valence-electron chi connectivity index (χ2n) is 6.06. The van der Waals surface area contributed by atoms with E-state index in [9.17, 15) is 14.7 Å². The van der Waals surface area contributed by atoms with E-state index < -0.39 is 18.1 Å². The molecule has 1 aromatic carbocycles. The molecule has 3 atom stereocenters. The lowest BCUT2D eigenvalue weighted by Gasteiger charge is -2.21. The molecule has 0 aromatic heterocycles. The third kappa shape index (κ3) is 3.24. The predicted octanol–water partition coefficient (Wildman–Crippen LogP) is 2.22. The molecule has 0 saturated carbocycles. The zero-order valence-corrected chi connectivity index (χ0v) is 13.5. The molecule has 22 heavy (non-hydrogen) atoms. The Kier molecular flexibility index (Phi) is 4.74. The topological polar surface area (TPSA) is 75.6 Å². The molecule has 5 nitrogen and oxygen atoms in total. The van der Waals surface area contributed by atoms with Crippen molar-refractivity contribution in [3.8, 4) is 5.75 Å². The monoisotopic (exact) mass is 305 g/mol. The summed E-state index contributed by atoms with van der Waals surface area (Å²) in [6.07, 6.45) is 0.512. The van der Waals surface area contributed by atoms with Gasteiger partial charge >= 0.3 is 5.97 Å². The summed E-state index contributed by atoms with van der Waals surface area (Å²) in [5.74, 6) is -0.780. The SMILES string of the molecule is CCC(C)C(NC(=O)C1Cc2cc(C)c(C)cc2O1)C(=O)O. The van der Waals surface area contributed by atoms with Gasteiger partial charge in [0.1, 0.15) is 11.8 Å². The van der Waals surface area contributed by atoms with Gasteiger partial charge in [-0.2, -0.15) is 0 Å². The molecular weight excluding hydrogens is 282 g/mol. The molecule has 5 heteroatoms. The smallest absolute Gasteiger partial charge is 0.326 e. The first-order valence-electron chi connectivity index (χ1n) is 7.63. The van der Waals surface area contributed by atoms with Crippen LogP contribution in [0, 0.1) is 19.8 Å². The highest BCUT2D eigenvalue weighted by Gasteiger charge is 2.33. The molecule has 1 heterocycles. The van der Waals surface area contributed by atoms with Crippen LogP contribution in [-0.2, 0) is 16.0 Å². The Labute approximate surface area is 130 Å². The number of carboxylic acid groups (broad SMARTS) is 1. The number of carbonyl (C=O) groups is 2. The fourth-order valence-corrected chi connectivity index (χ4v) is 2.59. The lowest BCUT2D eigenvalue weighted by molar-refractivity contribution is -0.144. The number of aryl methyl sites for hydroxylation is 2. The molecule has 1 amide bonds. The van der Waals surface area contributed by atoms with Gasteiger partial charge in [0.15, 0.2) is 6.10 Å². The van der Waals surface area contributed by atoms with Gasteiger partial charge in [-0.3, -0.25) is 4.79 Å². The standard InChI is InChI=1S/C17H23NO4/c1-5-9(2)15(17(20)21)18-16(19)14-8-12-6-10(3)11(4)7-13(12)22-14/h6-7,9,14-15H,5,8H2,1-4H3,(H,18,19)(H,20,21). The van der Waals surface area contributed by atoms with Gasteiger partial charge in [0.25, 0.3) is 5.91 Å². The Morgan fingerprint density at radius 3 is 2.59 bits per heavy atom. The molecule has 0 fully saturated rings. The summed E-state index contributed by atoms with van der Waals surface area (Å²) >= 11 is 0. The Morgan fingerprint density at radius 1 is 1.36 bits per heavy atom. The number of nitrogens with one attached hydrogen (secondary N) is 1. The van der Waals surface area contributed by atoms with E-state index in [1.165, 1.54) is 0 Å². The molecular formula is C17H23NO4. The fraction of sp³-hybridized carbons (Fsp3) is 0.529. The van der Waals surface area contributed by atoms with Gasteiger partial charge in [0, 0.05) is 6.42 Å². The Morgan fingerprint density at radius 2 is 2.00 bits per heavy atom. The number of carbonyl (C=O) groups excluding carboxylic acids is 1. The third-order valence-electron chi connectivity index (χ3n) is 4.42. The van der Waals surface area contributed by atoms with E-state index in [1.54, 1.807) is 0 Å². The zero-order valence-electron chi connectivity index (χ0n) is 13.5. The van der Waals surface area contributed by atoms with E-state index >= 15 is 0 Å². The van der Waals surface area contributed by atoms with Gasteiger partial charge in [0.05, 0.1) is 0 Å². The number of benzene rings is 1. The average molecular weight is 305 g/mol. The Bertz CT molecular complexity index is 566. The maximum Gasteiger partial charge on any atom is 0.326 e. The minimum absolute atomic E-state index is 0.130. The lowest BCUT2D eigenvalue weighted by atomic mass is 9.98. The van der Waals surface area contributed by atoms with Gasteiger partial charge in [-0.15, -0.1) is 0 Å². The van der Waals surface area contributed by atoms with Crippen molar-refractivity contribution in [2.45, 2.75) is 52.7 Å². The molecule has 0 saturated heterocycles. The number of amides is 1. The van der Waals surface area contributed by atoms with Crippen LogP contribution in [0.5, 0.6) is 5.75 Å². The van der Waals surface area contributed by atoms with E-state index in [4.69, 9.17) is 4.74 Å². The minimum Gasteiger partial charge on any atom is -0.480 e. The maximum absolute atomic E-state index is 12.3. The van der Waals surface area contributed by atoms with Crippen LogP contribution in [0.15, 0.2) is 12.1 Å². The molecule has 2 rings (SSSR count). The first kappa shape index (κ1) is 16.3. The molecule has 0 bridgehead atoms. The molecule has 120 valence electrons. The maximum atomic E-state index is 12.3. The number of fused-ring (bicyclic) bond motifs is 1. The molecule has 0 spiro atoms. The normalized spacial score (nSPS) is 19.0. The molecule has 1 aromatic rings. The number of ether oxygens (including phenoxy) is 1. The first-order chi connectivity index (χ1) is 10.3. The van der Waals surface area contributed by atoms with Gasteiger partial charge in [-0.05, 0) is 42.5 Å². The van der Waals surface area contributed by atoms with Gasteiger partial charge < -0.3 is 15.2 Å². The number of rotatable bonds is 5. The van der Waals surface area contributed by atoms with Crippen LogP contribution >= 0.6 is 0 Å². The zero-order chi connectivity index (χ0) is 16.4. The average Bonchev–Trinajstić information content (AvgIpc) is 2.86. The largest absolute Gasteiger partial charge is 0.480 e. The summed E-state index contributed by atoms with van der Waals surface area (Å²) in [6, 6.07) is 3.08. The second kappa shape index (κ2) is 6.38. The number of carboxylic acids is 1. The number of aliphatic carboxylic acids is 1. The van der Waals surface area contributed by atoms with Crippen LogP contribution in [-0.4, -0.2) is 29.1 Å². The third-order valence-corrected chi connectivity index (χ3v) is 4.42. The van der Waals surface area contributed by atoms with Crippen molar-refractivity contribution in [1.82, 2.24) is 5.32 Å². The molecule has 2 N–H and O–H groups in total. The predicted molar refractivity (Wildman–Crippen MR) is 83.1 cm³/mol. The molecule has 1 aliphatic rings. The van der Waals surface area contributed by atoms with Crippen molar-refractivity contribution in [2.75, 3.05) is 0 Å².